The molecule has 0 bridgehead atoms. The summed E-state index contributed by atoms with van der Waals surface area (Å²) in [5.41, 5.74) is 5.89. The van der Waals surface area contributed by atoms with Crippen molar-refractivity contribution < 1.29 is 14.2 Å². The van der Waals surface area contributed by atoms with E-state index in [9.17, 15) is 0 Å². The summed E-state index contributed by atoms with van der Waals surface area (Å²) in [6.07, 6.45) is 1.78. The van der Waals surface area contributed by atoms with E-state index in [1.165, 1.54) is 16.7 Å². The van der Waals surface area contributed by atoms with E-state index in [0.717, 1.165) is 35.5 Å². The maximum absolute atomic E-state index is 6.20. The fourth-order valence-corrected chi connectivity index (χ4v) is 3.30. The molecule has 0 aromatic heterocycles. The number of methoxy groups -OCH3 is 1. The van der Waals surface area contributed by atoms with Crippen LogP contribution in [-0.4, -0.2) is 12.9 Å². The summed E-state index contributed by atoms with van der Waals surface area (Å²) in [6, 6.07) is 10.3. The van der Waals surface area contributed by atoms with Gasteiger partial charge in [0.05, 0.1) is 0 Å². The fourth-order valence-electron chi connectivity index (χ4n) is 3.30. The Hall–Kier alpha value is -2.00. The number of fused-ring (bicyclic) bond motifs is 1. The van der Waals surface area contributed by atoms with Crippen LogP contribution in [0.15, 0.2) is 30.3 Å². The third-order valence-corrected chi connectivity index (χ3v) is 5.12. The van der Waals surface area contributed by atoms with Gasteiger partial charge in [0.2, 0.25) is 5.79 Å². The van der Waals surface area contributed by atoms with Crippen LogP contribution in [0, 0.1) is 20.8 Å². The van der Waals surface area contributed by atoms with Crippen molar-refractivity contribution in [1.29, 1.82) is 0 Å². The van der Waals surface area contributed by atoms with Crippen molar-refractivity contribution in [1.82, 2.24) is 0 Å². The number of hydrogen-bond donors (Lipinski definition) is 0. The summed E-state index contributed by atoms with van der Waals surface area (Å²) < 4.78 is 17.9. The molecule has 3 rings (SSSR count). The summed E-state index contributed by atoms with van der Waals surface area (Å²) in [6.45, 7) is 8.91. The third-order valence-electron chi connectivity index (χ3n) is 5.12. The molecule has 128 valence electrons. The minimum Gasteiger partial charge on any atom is -0.488 e. The third kappa shape index (κ3) is 3.01. The normalized spacial score (nSPS) is 19.5. The van der Waals surface area contributed by atoms with Crippen LogP contribution in [0.5, 0.6) is 11.5 Å². The van der Waals surface area contributed by atoms with Crippen LogP contribution < -0.4 is 9.47 Å². The van der Waals surface area contributed by atoms with E-state index in [1.54, 1.807) is 7.11 Å². The quantitative estimate of drug-likeness (QED) is 0.801. The zero-order chi connectivity index (χ0) is 17.3. The van der Waals surface area contributed by atoms with Gasteiger partial charge >= 0.3 is 0 Å². The molecule has 0 spiro atoms. The fraction of sp³-hybridized carbons (Fsp3) is 0.429. The molecule has 0 fully saturated rings. The van der Waals surface area contributed by atoms with Gasteiger partial charge < -0.3 is 14.2 Å². The lowest BCUT2D eigenvalue weighted by molar-refractivity contribution is -0.160. The molecule has 1 aliphatic heterocycles. The highest BCUT2D eigenvalue weighted by Gasteiger charge is 2.34. The molecule has 24 heavy (non-hydrogen) atoms. The standard InChI is InChI=1S/C21H26O3/c1-14-15(2)20-18(11-12-21(4,22-5)24-20)16(3)19(14)23-13-17-9-7-6-8-10-17/h6-10H,11-13H2,1-5H3/t21-/m0/s1. The summed E-state index contributed by atoms with van der Waals surface area (Å²) in [4.78, 5) is 0. The van der Waals surface area contributed by atoms with Gasteiger partial charge in [-0.25, -0.2) is 0 Å². The molecule has 1 heterocycles. The molecule has 1 atom stereocenters. The number of benzene rings is 2. The highest BCUT2D eigenvalue weighted by Crippen LogP contribution is 2.44. The van der Waals surface area contributed by atoms with Crippen molar-refractivity contribution in [2.75, 3.05) is 7.11 Å². The monoisotopic (exact) mass is 326 g/mol. The highest BCUT2D eigenvalue weighted by atomic mass is 16.7. The van der Waals surface area contributed by atoms with Crippen molar-refractivity contribution in [2.45, 2.75) is 52.9 Å². The Kier molecular flexibility index (Phi) is 4.55. The van der Waals surface area contributed by atoms with Crippen LogP contribution >= 0.6 is 0 Å². The average Bonchev–Trinajstić information content (AvgIpc) is 2.60. The van der Waals surface area contributed by atoms with Crippen molar-refractivity contribution >= 4 is 0 Å². The Labute approximate surface area is 144 Å². The topological polar surface area (TPSA) is 27.7 Å². The maximum Gasteiger partial charge on any atom is 0.207 e. The number of ether oxygens (including phenoxy) is 3. The molecular weight excluding hydrogens is 300 g/mol. The molecule has 0 amide bonds. The van der Waals surface area contributed by atoms with Crippen molar-refractivity contribution in [3.8, 4) is 11.5 Å². The van der Waals surface area contributed by atoms with Gasteiger partial charge in [-0.05, 0) is 49.4 Å². The summed E-state index contributed by atoms with van der Waals surface area (Å²) in [5, 5.41) is 0. The first-order valence-electron chi connectivity index (χ1n) is 8.48. The van der Waals surface area contributed by atoms with Crippen LogP contribution in [0.4, 0.5) is 0 Å². The molecule has 0 unspecified atom stereocenters. The van der Waals surface area contributed by atoms with E-state index in [2.05, 4.69) is 32.9 Å². The predicted octanol–water partition coefficient (Wildman–Crippen LogP) is 4.88. The smallest absolute Gasteiger partial charge is 0.207 e. The van der Waals surface area contributed by atoms with E-state index in [1.807, 2.05) is 25.1 Å². The first kappa shape index (κ1) is 16.8. The molecule has 0 saturated carbocycles. The Morgan fingerprint density at radius 3 is 2.42 bits per heavy atom. The van der Waals surface area contributed by atoms with E-state index >= 15 is 0 Å². The second-order valence-corrected chi connectivity index (χ2v) is 6.73. The Morgan fingerprint density at radius 1 is 1.04 bits per heavy atom. The SMILES string of the molecule is CO[C@]1(C)CCc2c(C)c(OCc3ccccc3)c(C)c(C)c2O1. The highest BCUT2D eigenvalue weighted by molar-refractivity contribution is 5.58. The second-order valence-electron chi connectivity index (χ2n) is 6.73. The first-order valence-corrected chi connectivity index (χ1v) is 8.48. The van der Waals surface area contributed by atoms with E-state index < -0.39 is 5.79 Å². The summed E-state index contributed by atoms with van der Waals surface area (Å²) in [7, 11) is 1.71. The van der Waals surface area contributed by atoms with E-state index in [-0.39, 0.29) is 0 Å². The summed E-state index contributed by atoms with van der Waals surface area (Å²) in [5.74, 6) is 1.41. The van der Waals surface area contributed by atoms with Gasteiger partial charge in [0.25, 0.3) is 0 Å². The molecule has 1 aliphatic rings. The van der Waals surface area contributed by atoms with Gasteiger partial charge in [0, 0.05) is 26.0 Å². The van der Waals surface area contributed by atoms with Crippen molar-refractivity contribution in [2.24, 2.45) is 0 Å². The molecule has 2 aromatic carbocycles. The van der Waals surface area contributed by atoms with Crippen molar-refractivity contribution in [3.63, 3.8) is 0 Å². The van der Waals surface area contributed by atoms with Crippen LogP contribution in [-0.2, 0) is 17.8 Å². The van der Waals surface area contributed by atoms with E-state index in [0.29, 0.717) is 6.61 Å². The Balaban J connectivity index is 1.94. The molecule has 0 saturated heterocycles. The number of rotatable bonds is 4. The van der Waals surface area contributed by atoms with Gasteiger partial charge in [-0.1, -0.05) is 30.3 Å². The lowest BCUT2D eigenvalue weighted by atomic mass is 9.91. The lowest BCUT2D eigenvalue weighted by Crippen LogP contribution is -2.38. The summed E-state index contributed by atoms with van der Waals surface area (Å²) >= 11 is 0. The minimum absolute atomic E-state index is 0.539. The zero-order valence-corrected chi connectivity index (χ0v) is 15.2. The largest absolute Gasteiger partial charge is 0.488 e. The van der Waals surface area contributed by atoms with Crippen molar-refractivity contribution in [3.05, 3.63) is 58.1 Å². The molecule has 3 heteroatoms. The number of hydrogen-bond acceptors (Lipinski definition) is 3. The van der Waals surface area contributed by atoms with Crippen LogP contribution in [0.25, 0.3) is 0 Å². The second kappa shape index (κ2) is 6.48. The van der Waals surface area contributed by atoms with Crippen LogP contribution in [0.1, 0.15) is 41.2 Å². The lowest BCUT2D eigenvalue weighted by Gasteiger charge is -2.36. The molecule has 0 radical (unpaired) electrons. The molecular formula is C21H26O3. The molecule has 2 aromatic rings. The van der Waals surface area contributed by atoms with Gasteiger partial charge in [0.1, 0.15) is 18.1 Å². The zero-order valence-electron chi connectivity index (χ0n) is 15.2. The van der Waals surface area contributed by atoms with Gasteiger partial charge in [0.15, 0.2) is 0 Å². The van der Waals surface area contributed by atoms with Crippen LogP contribution in [0.3, 0.4) is 0 Å². The Bertz CT molecular complexity index is 737. The van der Waals surface area contributed by atoms with E-state index in [4.69, 9.17) is 14.2 Å². The van der Waals surface area contributed by atoms with Crippen LogP contribution in [0.2, 0.25) is 0 Å². The molecule has 0 N–H and O–H groups in total. The molecule has 0 aliphatic carbocycles. The van der Waals surface area contributed by atoms with Gasteiger partial charge in [-0.3, -0.25) is 0 Å². The minimum atomic E-state index is -0.539. The maximum atomic E-state index is 6.20. The van der Waals surface area contributed by atoms with Gasteiger partial charge in [-0.15, -0.1) is 0 Å². The predicted molar refractivity (Wildman–Crippen MR) is 95.8 cm³/mol. The molecule has 3 nitrogen and oxygen atoms in total. The van der Waals surface area contributed by atoms with Gasteiger partial charge in [-0.2, -0.15) is 0 Å². The first-order chi connectivity index (χ1) is 11.4. The Morgan fingerprint density at radius 2 is 1.75 bits per heavy atom. The average molecular weight is 326 g/mol.